The Morgan fingerprint density at radius 3 is 2.60 bits per heavy atom. The predicted molar refractivity (Wildman–Crippen MR) is 78.2 cm³/mol. The van der Waals surface area contributed by atoms with Crippen molar-refractivity contribution in [3.05, 3.63) is 46.6 Å². The summed E-state index contributed by atoms with van der Waals surface area (Å²) >= 11 is 0. The highest BCUT2D eigenvalue weighted by Crippen LogP contribution is 2.35. The van der Waals surface area contributed by atoms with Crippen LogP contribution >= 0.6 is 0 Å². The van der Waals surface area contributed by atoms with Gasteiger partial charge in [-0.15, -0.1) is 0 Å². The zero-order valence-corrected chi connectivity index (χ0v) is 12.7. The Bertz CT molecular complexity index is 815. The number of amides is 1. The smallest absolute Gasteiger partial charge is 0.365 e. The Morgan fingerprint density at radius 1 is 1.28 bits per heavy atom. The third kappa shape index (κ3) is 3.15. The van der Waals surface area contributed by atoms with Crippen molar-refractivity contribution in [2.45, 2.75) is 25.7 Å². The van der Waals surface area contributed by atoms with Gasteiger partial charge in [0.05, 0.1) is 12.1 Å². The molecule has 2 aromatic rings. The Morgan fingerprint density at radius 2 is 2.00 bits per heavy atom. The van der Waals surface area contributed by atoms with Crippen LogP contribution in [0.1, 0.15) is 33.6 Å². The quantitative estimate of drug-likeness (QED) is 0.853. The van der Waals surface area contributed by atoms with Crippen LogP contribution in [0.4, 0.5) is 27.8 Å². The highest BCUT2D eigenvalue weighted by atomic mass is 19.4. The van der Waals surface area contributed by atoms with Gasteiger partial charge >= 0.3 is 6.18 Å². The summed E-state index contributed by atoms with van der Waals surface area (Å²) in [7, 11) is 0. The molecule has 0 atom stereocenters. The Labute approximate surface area is 138 Å². The van der Waals surface area contributed by atoms with E-state index in [0.29, 0.717) is 12.1 Å². The predicted octanol–water partition coefficient (Wildman–Crippen LogP) is 2.96. The number of nitrogens with two attached hydrogens (primary N) is 1. The average Bonchev–Trinajstić information content (AvgIpc) is 3.06. The van der Waals surface area contributed by atoms with Gasteiger partial charge in [0, 0.05) is 13.1 Å². The molecule has 1 amide bonds. The number of nitrogens with zero attached hydrogens (tertiary/aromatic N) is 3. The highest BCUT2D eigenvalue weighted by molar-refractivity contribution is 5.99. The van der Waals surface area contributed by atoms with Gasteiger partial charge in [-0.25, -0.2) is 13.5 Å². The number of benzene rings is 1. The fourth-order valence-electron chi connectivity index (χ4n) is 2.88. The van der Waals surface area contributed by atoms with Crippen molar-refractivity contribution in [1.29, 1.82) is 0 Å². The van der Waals surface area contributed by atoms with Crippen LogP contribution in [0.5, 0.6) is 0 Å². The minimum Gasteiger partial charge on any atom is -0.365 e. The SMILES string of the molecule is NC(=O)c1c(C(F)F)nn2c1N(Cc1cccc(C(F)(F)F)c1)CC2. The lowest BCUT2D eigenvalue weighted by Gasteiger charge is -2.19. The number of aromatic nitrogens is 2. The van der Waals surface area contributed by atoms with Crippen LogP contribution < -0.4 is 10.6 Å². The second-order valence-corrected chi connectivity index (χ2v) is 5.59. The minimum atomic E-state index is -4.48. The van der Waals surface area contributed by atoms with Gasteiger partial charge in [0.25, 0.3) is 12.3 Å². The van der Waals surface area contributed by atoms with Crippen molar-refractivity contribution in [3.8, 4) is 0 Å². The fourth-order valence-corrected chi connectivity index (χ4v) is 2.88. The van der Waals surface area contributed by atoms with E-state index < -0.39 is 29.8 Å². The van der Waals surface area contributed by atoms with Gasteiger partial charge in [-0.2, -0.15) is 18.3 Å². The molecule has 134 valence electrons. The normalized spacial score (nSPS) is 14.2. The van der Waals surface area contributed by atoms with E-state index in [1.54, 1.807) is 0 Å². The van der Waals surface area contributed by atoms with Gasteiger partial charge in [0.15, 0.2) is 0 Å². The molecular formula is C15H13F5N4O. The van der Waals surface area contributed by atoms with Gasteiger partial charge in [-0.1, -0.05) is 12.1 Å². The number of fused-ring (bicyclic) bond motifs is 1. The van der Waals surface area contributed by atoms with E-state index in [1.165, 1.54) is 21.7 Å². The lowest BCUT2D eigenvalue weighted by Crippen LogP contribution is -2.24. The monoisotopic (exact) mass is 360 g/mol. The molecule has 0 spiro atoms. The molecule has 5 nitrogen and oxygen atoms in total. The lowest BCUT2D eigenvalue weighted by atomic mass is 10.1. The first kappa shape index (κ1) is 17.2. The molecule has 0 aliphatic carbocycles. The number of alkyl halides is 5. The van der Waals surface area contributed by atoms with Gasteiger partial charge in [-0.05, 0) is 17.7 Å². The number of hydrogen-bond acceptors (Lipinski definition) is 3. The molecule has 0 bridgehead atoms. The summed E-state index contributed by atoms with van der Waals surface area (Å²) in [5.74, 6) is -0.937. The first-order valence-electron chi connectivity index (χ1n) is 7.28. The molecule has 1 aromatic carbocycles. The van der Waals surface area contributed by atoms with Gasteiger partial charge < -0.3 is 10.6 Å². The highest BCUT2D eigenvalue weighted by Gasteiger charge is 2.34. The third-order valence-electron chi connectivity index (χ3n) is 3.91. The van der Waals surface area contributed by atoms with Gasteiger partial charge in [0.2, 0.25) is 0 Å². The Kier molecular flexibility index (Phi) is 4.13. The number of carbonyl (C=O) groups excluding carboxylic acids is 1. The molecule has 1 aliphatic rings. The van der Waals surface area contributed by atoms with E-state index in [2.05, 4.69) is 5.10 Å². The van der Waals surface area contributed by atoms with E-state index >= 15 is 0 Å². The standard InChI is InChI=1S/C15H13F5N4O/c16-12(17)11-10(13(21)25)14-23(4-5-24(14)22-11)7-8-2-1-3-9(6-8)15(18,19)20/h1-3,6,12H,4-5,7H2,(H2,21,25). The van der Waals surface area contributed by atoms with E-state index in [1.807, 2.05) is 0 Å². The molecule has 2 N–H and O–H groups in total. The summed E-state index contributed by atoms with van der Waals surface area (Å²) in [5, 5.41) is 3.70. The van der Waals surface area contributed by atoms with E-state index in [0.717, 1.165) is 12.1 Å². The third-order valence-corrected chi connectivity index (χ3v) is 3.91. The van der Waals surface area contributed by atoms with E-state index in [-0.39, 0.29) is 24.5 Å². The van der Waals surface area contributed by atoms with E-state index in [4.69, 9.17) is 5.73 Å². The zero-order chi connectivity index (χ0) is 18.4. The Hall–Kier alpha value is -2.65. The van der Waals surface area contributed by atoms with Crippen molar-refractivity contribution in [1.82, 2.24) is 9.78 Å². The van der Waals surface area contributed by atoms with Crippen LogP contribution in [-0.2, 0) is 19.3 Å². The second kappa shape index (κ2) is 6.01. The summed E-state index contributed by atoms with van der Waals surface area (Å²) in [6.07, 6.45) is -7.46. The molecule has 25 heavy (non-hydrogen) atoms. The number of primary amides is 1. The molecule has 0 saturated heterocycles. The minimum absolute atomic E-state index is 0.0125. The molecule has 0 fully saturated rings. The van der Waals surface area contributed by atoms with Gasteiger partial charge in [0.1, 0.15) is 17.1 Å². The summed E-state index contributed by atoms with van der Waals surface area (Å²) in [6, 6.07) is 4.69. The second-order valence-electron chi connectivity index (χ2n) is 5.59. The van der Waals surface area contributed by atoms with E-state index in [9.17, 15) is 26.7 Å². The first-order chi connectivity index (χ1) is 11.7. The molecule has 1 aliphatic heterocycles. The zero-order valence-electron chi connectivity index (χ0n) is 12.7. The summed E-state index contributed by atoms with van der Waals surface area (Å²) in [4.78, 5) is 13.1. The fraction of sp³-hybridized carbons (Fsp3) is 0.333. The average molecular weight is 360 g/mol. The van der Waals surface area contributed by atoms with Crippen LogP contribution in [-0.4, -0.2) is 22.2 Å². The largest absolute Gasteiger partial charge is 0.416 e. The van der Waals surface area contributed by atoms with Crippen molar-refractivity contribution in [2.24, 2.45) is 5.73 Å². The number of carbonyl (C=O) groups is 1. The molecule has 0 unspecified atom stereocenters. The molecule has 10 heteroatoms. The van der Waals surface area contributed by atoms with Crippen LogP contribution in [0, 0.1) is 0 Å². The van der Waals surface area contributed by atoms with Crippen LogP contribution in [0.3, 0.4) is 0 Å². The number of rotatable bonds is 4. The first-order valence-corrected chi connectivity index (χ1v) is 7.28. The Balaban J connectivity index is 1.95. The van der Waals surface area contributed by atoms with Crippen molar-refractivity contribution >= 4 is 11.7 Å². The molecular weight excluding hydrogens is 347 g/mol. The molecule has 2 heterocycles. The van der Waals surface area contributed by atoms with Gasteiger partial charge in [-0.3, -0.25) is 4.79 Å². The molecule has 0 radical (unpaired) electrons. The van der Waals surface area contributed by atoms with Crippen molar-refractivity contribution < 1.29 is 26.7 Å². The van der Waals surface area contributed by atoms with Crippen molar-refractivity contribution in [2.75, 3.05) is 11.4 Å². The maximum Gasteiger partial charge on any atom is 0.416 e. The van der Waals surface area contributed by atoms with Crippen LogP contribution in [0.2, 0.25) is 0 Å². The molecule has 0 saturated carbocycles. The lowest BCUT2D eigenvalue weighted by molar-refractivity contribution is -0.137. The summed E-state index contributed by atoms with van der Waals surface area (Å²) in [5.41, 5.74) is 3.63. The number of hydrogen-bond donors (Lipinski definition) is 1. The van der Waals surface area contributed by atoms with Crippen LogP contribution in [0.25, 0.3) is 0 Å². The summed E-state index contributed by atoms with van der Waals surface area (Å²) in [6.45, 7) is 0.572. The maximum absolute atomic E-state index is 13.1. The topological polar surface area (TPSA) is 64.2 Å². The number of anilines is 1. The number of halogens is 5. The van der Waals surface area contributed by atoms with Crippen LogP contribution in [0.15, 0.2) is 24.3 Å². The maximum atomic E-state index is 13.1. The molecule has 1 aromatic heterocycles. The van der Waals surface area contributed by atoms with Crippen molar-refractivity contribution in [3.63, 3.8) is 0 Å². The molecule has 3 rings (SSSR count). The summed E-state index contributed by atoms with van der Waals surface area (Å²) < 4.78 is 65.8.